The summed E-state index contributed by atoms with van der Waals surface area (Å²) in [7, 11) is 3.61. The van der Waals surface area contributed by atoms with Crippen molar-refractivity contribution in [3.8, 4) is 0 Å². The monoisotopic (exact) mass is 185 g/mol. The van der Waals surface area contributed by atoms with Crippen LogP contribution in [0.15, 0.2) is 0 Å². The Balaban J connectivity index is 2.18. The average Bonchev–Trinajstić information content (AvgIpc) is 2.04. The van der Waals surface area contributed by atoms with Gasteiger partial charge in [0.15, 0.2) is 0 Å². The average molecular weight is 185 g/mol. The van der Waals surface area contributed by atoms with Crippen LogP contribution in [0.4, 0.5) is 4.79 Å². The zero-order valence-electron chi connectivity index (χ0n) is 8.47. The molecule has 1 rings (SSSR count). The summed E-state index contributed by atoms with van der Waals surface area (Å²) >= 11 is 0. The molecule has 0 aromatic carbocycles. The van der Waals surface area contributed by atoms with Gasteiger partial charge in [-0.1, -0.05) is 19.3 Å². The van der Waals surface area contributed by atoms with Crippen molar-refractivity contribution in [1.29, 1.82) is 0 Å². The molecule has 0 aliphatic heterocycles. The van der Waals surface area contributed by atoms with Gasteiger partial charge in [-0.25, -0.2) is 9.80 Å². The molecule has 1 saturated carbocycles. The van der Waals surface area contributed by atoms with E-state index in [0.29, 0.717) is 6.04 Å². The number of amides is 2. The van der Waals surface area contributed by atoms with Gasteiger partial charge in [0.05, 0.1) is 0 Å². The van der Waals surface area contributed by atoms with Crippen LogP contribution in [0.2, 0.25) is 0 Å². The first-order chi connectivity index (χ1) is 6.18. The summed E-state index contributed by atoms with van der Waals surface area (Å²) in [6.07, 6.45) is 6.05. The number of rotatable bonds is 2. The van der Waals surface area contributed by atoms with E-state index in [0.717, 1.165) is 12.8 Å². The lowest BCUT2D eigenvalue weighted by Crippen LogP contribution is -2.47. The van der Waals surface area contributed by atoms with E-state index in [4.69, 9.17) is 0 Å². The van der Waals surface area contributed by atoms with Crippen LogP contribution >= 0.6 is 0 Å². The van der Waals surface area contributed by atoms with Gasteiger partial charge in [-0.3, -0.25) is 5.43 Å². The highest BCUT2D eigenvalue weighted by molar-refractivity contribution is 5.73. The Kier molecular flexibility index (Phi) is 4.02. The van der Waals surface area contributed by atoms with Crippen LogP contribution in [0, 0.1) is 0 Å². The van der Waals surface area contributed by atoms with E-state index in [9.17, 15) is 4.79 Å². The first-order valence-electron chi connectivity index (χ1n) is 4.93. The Labute approximate surface area is 79.6 Å². The number of nitrogens with one attached hydrogen (secondary N) is 2. The molecule has 0 aromatic heterocycles. The molecule has 1 aliphatic rings. The highest BCUT2D eigenvalue weighted by Gasteiger charge is 2.15. The summed E-state index contributed by atoms with van der Waals surface area (Å²) in [4.78, 5) is 11.3. The van der Waals surface area contributed by atoms with Crippen LogP contribution in [0.1, 0.15) is 32.1 Å². The van der Waals surface area contributed by atoms with Gasteiger partial charge >= 0.3 is 6.03 Å². The smallest absolute Gasteiger partial charge is 0.329 e. The fraction of sp³-hybridized carbons (Fsp3) is 0.889. The second-order valence-corrected chi connectivity index (χ2v) is 3.81. The van der Waals surface area contributed by atoms with Crippen LogP contribution in [0.25, 0.3) is 0 Å². The van der Waals surface area contributed by atoms with E-state index < -0.39 is 0 Å². The van der Waals surface area contributed by atoms with E-state index in [1.807, 2.05) is 0 Å². The molecule has 2 amide bonds. The third kappa shape index (κ3) is 4.12. The van der Waals surface area contributed by atoms with E-state index in [1.165, 1.54) is 19.3 Å². The molecule has 1 aliphatic carbocycles. The van der Waals surface area contributed by atoms with Crippen LogP contribution in [-0.4, -0.2) is 31.2 Å². The number of urea groups is 1. The van der Waals surface area contributed by atoms with Crippen molar-refractivity contribution in [1.82, 2.24) is 15.8 Å². The lowest BCUT2D eigenvalue weighted by Gasteiger charge is -2.23. The van der Waals surface area contributed by atoms with Gasteiger partial charge < -0.3 is 5.32 Å². The van der Waals surface area contributed by atoms with Crippen LogP contribution in [0.5, 0.6) is 0 Å². The number of hydrogen-bond acceptors (Lipinski definition) is 2. The standard InChI is InChI=1S/C9H19N3O/c1-12(2)11-9(13)10-8-6-4-3-5-7-8/h8H,3-7H2,1-2H3,(H2,10,11,13). The number of carbonyl (C=O) groups is 1. The topological polar surface area (TPSA) is 44.4 Å². The molecule has 0 radical (unpaired) electrons. The predicted octanol–water partition coefficient (Wildman–Crippen LogP) is 1.09. The summed E-state index contributed by atoms with van der Waals surface area (Å²) in [5.41, 5.74) is 2.67. The largest absolute Gasteiger partial charge is 0.334 e. The minimum Gasteiger partial charge on any atom is -0.334 e. The number of carbonyl (C=O) groups excluding carboxylic acids is 1. The van der Waals surface area contributed by atoms with Crippen molar-refractivity contribution >= 4 is 6.03 Å². The molecule has 0 atom stereocenters. The Bertz CT molecular complexity index is 164. The molecule has 76 valence electrons. The maximum absolute atomic E-state index is 11.3. The molecular weight excluding hydrogens is 166 g/mol. The van der Waals surface area contributed by atoms with Gasteiger partial charge in [-0.15, -0.1) is 0 Å². The molecule has 1 fully saturated rings. The number of hydrazine groups is 1. The van der Waals surface area contributed by atoms with Crippen molar-refractivity contribution < 1.29 is 4.79 Å². The minimum absolute atomic E-state index is 0.0862. The fourth-order valence-electron chi connectivity index (χ4n) is 1.67. The van der Waals surface area contributed by atoms with Crippen LogP contribution in [-0.2, 0) is 0 Å². The summed E-state index contributed by atoms with van der Waals surface area (Å²) < 4.78 is 0. The molecule has 0 unspecified atom stereocenters. The zero-order chi connectivity index (χ0) is 9.68. The zero-order valence-corrected chi connectivity index (χ0v) is 8.47. The fourth-order valence-corrected chi connectivity index (χ4v) is 1.67. The SMILES string of the molecule is CN(C)NC(=O)NC1CCCCC1. The normalized spacial score (nSPS) is 18.7. The Morgan fingerprint density at radius 2 is 1.85 bits per heavy atom. The van der Waals surface area contributed by atoms with Gasteiger partial charge in [-0.05, 0) is 12.8 Å². The maximum atomic E-state index is 11.3. The summed E-state index contributed by atoms with van der Waals surface area (Å²) in [5.74, 6) is 0. The Morgan fingerprint density at radius 3 is 2.38 bits per heavy atom. The van der Waals surface area contributed by atoms with Gasteiger partial charge in [0.25, 0.3) is 0 Å². The van der Waals surface area contributed by atoms with Gasteiger partial charge in [-0.2, -0.15) is 0 Å². The van der Waals surface area contributed by atoms with Gasteiger partial charge in [0.1, 0.15) is 0 Å². The Morgan fingerprint density at radius 1 is 1.23 bits per heavy atom. The van der Waals surface area contributed by atoms with E-state index in [1.54, 1.807) is 19.1 Å². The molecular formula is C9H19N3O. The summed E-state index contributed by atoms with van der Waals surface area (Å²) in [6.45, 7) is 0. The Hall–Kier alpha value is -0.770. The lowest BCUT2D eigenvalue weighted by molar-refractivity contribution is 0.205. The van der Waals surface area contributed by atoms with Crippen molar-refractivity contribution in [2.45, 2.75) is 38.1 Å². The lowest BCUT2D eigenvalue weighted by atomic mass is 9.96. The maximum Gasteiger partial charge on any atom is 0.329 e. The molecule has 0 heterocycles. The molecule has 2 N–H and O–H groups in total. The number of nitrogens with zero attached hydrogens (tertiary/aromatic N) is 1. The number of hydrogen-bond donors (Lipinski definition) is 2. The highest BCUT2D eigenvalue weighted by Crippen LogP contribution is 2.16. The third-order valence-corrected chi connectivity index (χ3v) is 2.27. The third-order valence-electron chi connectivity index (χ3n) is 2.27. The second kappa shape index (κ2) is 5.07. The molecule has 13 heavy (non-hydrogen) atoms. The molecule has 0 bridgehead atoms. The minimum atomic E-state index is -0.0862. The predicted molar refractivity (Wildman–Crippen MR) is 52.2 cm³/mol. The second-order valence-electron chi connectivity index (χ2n) is 3.81. The van der Waals surface area contributed by atoms with E-state index in [-0.39, 0.29) is 6.03 Å². The molecule has 0 saturated heterocycles. The van der Waals surface area contributed by atoms with Gasteiger partial charge in [0, 0.05) is 20.1 Å². The van der Waals surface area contributed by atoms with Crippen LogP contribution < -0.4 is 10.7 Å². The molecule has 4 heteroatoms. The van der Waals surface area contributed by atoms with Crippen molar-refractivity contribution in [2.24, 2.45) is 0 Å². The van der Waals surface area contributed by atoms with E-state index >= 15 is 0 Å². The van der Waals surface area contributed by atoms with Gasteiger partial charge in [0.2, 0.25) is 0 Å². The molecule has 4 nitrogen and oxygen atoms in total. The van der Waals surface area contributed by atoms with Crippen molar-refractivity contribution in [3.63, 3.8) is 0 Å². The quantitative estimate of drug-likeness (QED) is 0.633. The molecule has 0 spiro atoms. The first kappa shape index (κ1) is 10.3. The van der Waals surface area contributed by atoms with Crippen molar-refractivity contribution in [2.75, 3.05) is 14.1 Å². The van der Waals surface area contributed by atoms with Crippen molar-refractivity contribution in [3.05, 3.63) is 0 Å². The summed E-state index contributed by atoms with van der Waals surface area (Å²) in [5, 5.41) is 4.61. The molecule has 0 aromatic rings. The highest BCUT2D eigenvalue weighted by atomic mass is 16.2. The first-order valence-corrected chi connectivity index (χ1v) is 4.93. The van der Waals surface area contributed by atoms with Crippen LogP contribution in [0.3, 0.4) is 0 Å². The van der Waals surface area contributed by atoms with E-state index in [2.05, 4.69) is 10.7 Å². The summed E-state index contributed by atoms with van der Waals surface area (Å²) in [6, 6.07) is 0.297.